The SMILES string of the molecule is CCCCC(CCC)NC(=O)OCCO. The van der Waals surface area contributed by atoms with Crippen molar-refractivity contribution in [3.63, 3.8) is 0 Å². The standard InChI is InChI=1S/C11H23NO3/c1-3-5-7-10(6-4-2)12-11(14)15-9-8-13/h10,13H,3-9H2,1-2H3,(H,12,14). The van der Waals surface area contributed by atoms with Crippen LogP contribution in [0.2, 0.25) is 0 Å². The van der Waals surface area contributed by atoms with Crippen LogP contribution in [0, 0.1) is 0 Å². The maximum absolute atomic E-state index is 11.2. The number of nitrogens with one attached hydrogen (secondary N) is 1. The highest BCUT2D eigenvalue weighted by atomic mass is 16.6. The third kappa shape index (κ3) is 8.24. The van der Waals surface area contributed by atoms with Gasteiger partial charge in [0.15, 0.2) is 0 Å². The molecule has 15 heavy (non-hydrogen) atoms. The maximum atomic E-state index is 11.2. The van der Waals surface area contributed by atoms with Crippen LogP contribution in [0.15, 0.2) is 0 Å². The molecule has 1 unspecified atom stereocenters. The lowest BCUT2D eigenvalue weighted by molar-refractivity contribution is 0.115. The Kier molecular flexibility index (Phi) is 9.27. The van der Waals surface area contributed by atoms with Crippen LogP contribution < -0.4 is 5.32 Å². The molecule has 4 nitrogen and oxygen atoms in total. The van der Waals surface area contributed by atoms with E-state index in [1.165, 1.54) is 0 Å². The van der Waals surface area contributed by atoms with E-state index in [9.17, 15) is 4.79 Å². The van der Waals surface area contributed by atoms with Crippen LogP contribution in [0.4, 0.5) is 4.79 Å². The monoisotopic (exact) mass is 217 g/mol. The van der Waals surface area contributed by atoms with Gasteiger partial charge in [-0.25, -0.2) is 4.79 Å². The maximum Gasteiger partial charge on any atom is 0.407 e. The smallest absolute Gasteiger partial charge is 0.407 e. The highest BCUT2D eigenvalue weighted by molar-refractivity contribution is 5.67. The number of aliphatic hydroxyl groups excluding tert-OH is 1. The molecule has 0 saturated heterocycles. The molecule has 0 aromatic heterocycles. The van der Waals surface area contributed by atoms with E-state index < -0.39 is 6.09 Å². The molecule has 0 fully saturated rings. The summed E-state index contributed by atoms with van der Waals surface area (Å²) in [4.78, 5) is 11.2. The van der Waals surface area contributed by atoms with E-state index in [4.69, 9.17) is 9.84 Å². The molecule has 1 atom stereocenters. The number of aliphatic hydroxyl groups is 1. The number of carbonyl (C=O) groups excluding carboxylic acids is 1. The zero-order valence-electron chi connectivity index (χ0n) is 9.79. The first-order valence-electron chi connectivity index (χ1n) is 5.78. The molecule has 0 heterocycles. The van der Waals surface area contributed by atoms with Crippen LogP contribution in [0.25, 0.3) is 0 Å². The quantitative estimate of drug-likeness (QED) is 0.654. The Morgan fingerprint density at radius 1 is 1.33 bits per heavy atom. The first-order chi connectivity index (χ1) is 7.24. The average Bonchev–Trinajstić information content (AvgIpc) is 2.23. The summed E-state index contributed by atoms with van der Waals surface area (Å²) in [5.74, 6) is 0. The lowest BCUT2D eigenvalue weighted by Gasteiger charge is -2.17. The number of hydrogen-bond donors (Lipinski definition) is 2. The molecule has 0 aliphatic carbocycles. The van der Waals surface area contributed by atoms with Gasteiger partial charge in [0.05, 0.1) is 6.61 Å². The van der Waals surface area contributed by atoms with E-state index in [0.717, 1.165) is 32.1 Å². The highest BCUT2D eigenvalue weighted by Crippen LogP contribution is 2.06. The first-order valence-corrected chi connectivity index (χ1v) is 5.78. The van der Waals surface area contributed by atoms with E-state index in [1.807, 2.05) is 0 Å². The number of rotatable bonds is 8. The number of carbonyl (C=O) groups is 1. The summed E-state index contributed by atoms with van der Waals surface area (Å²) in [6.07, 6.45) is 4.86. The summed E-state index contributed by atoms with van der Waals surface area (Å²) >= 11 is 0. The van der Waals surface area contributed by atoms with Gasteiger partial charge in [-0.2, -0.15) is 0 Å². The Morgan fingerprint density at radius 2 is 2.07 bits per heavy atom. The minimum absolute atomic E-state index is 0.0679. The topological polar surface area (TPSA) is 58.6 Å². The molecule has 0 aliphatic heterocycles. The third-order valence-electron chi connectivity index (χ3n) is 2.19. The van der Waals surface area contributed by atoms with Gasteiger partial charge in [-0.05, 0) is 12.8 Å². The van der Waals surface area contributed by atoms with E-state index in [0.29, 0.717) is 0 Å². The number of alkyl carbamates (subject to hydrolysis) is 1. The lowest BCUT2D eigenvalue weighted by atomic mass is 10.1. The molecule has 0 aromatic carbocycles. The van der Waals surface area contributed by atoms with Crippen molar-refractivity contribution in [1.29, 1.82) is 0 Å². The second-order valence-electron chi connectivity index (χ2n) is 3.63. The predicted octanol–water partition coefficient (Wildman–Crippen LogP) is 2.06. The zero-order chi connectivity index (χ0) is 11.5. The average molecular weight is 217 g/mol. The fourth-order valence-electron chi connectivity index (χ4n) is 1.43. The van der Waals surface area contributed by atoms with E-state index in [1.54, 1.807) is 0 Å². The van der Waals surface area contributed by atoms with Crippen molar-refractivity contribution in [1.82, 2.24) is 5.32 Å². The molecule has 0 aromatic rings. The molecule has 90 valence electrons. The predicted molar refractivity (Wildman–Crippen MR) is 59.8 cm³/mol. The Bertz CT molecular complexity index is 162. The van der Waals surface area contributed by atoms with Crippen molar-refractivity contribution < 1.29 is 14.6 Å². The van der Waals surface area contributed by atoms with E-state index in [-0.39, 0.29) is 19.3 Å². The van der Waals surface area contributed by atoms with Crippen LogP contribution in [-0.4, -0.2) is 30.5 Å². The molecule has 0 radical (unpaired) electrons. The Morgan fingerprint density at radius 3 is 2.60 bits per heavy atom. The number of amides is 1. The van der Waals surface area contributed by atoms with Crippen molar-refractivity contribution >= 4 is 6.09 Å². The molecule has 0 bridgehead atoms. The second-order valence-corrected chi connectivity index (χ2v) is 3.63. The minimum atomic E-state index is -0.418. The normalized spacial score (nSPS) is 12.2. The summed E-state index contributed by atoms with van der Waals surface area (Å²) in [7, 11) is 0. The fourth-order valence-corrected chi connectivity index (χ4v) is 1.43. The van der Waals surface area contributed by atoms with Gasteiger partial charge in [-0.1, -0.05) is 33.1 Å². The number of hydrogen-bond acceptors (Lipinski definition) is 3. The van der Waals surface area contributed by atoms with E-state index in [2.05, 4.69) is 19.2 Å². The molecule has 1 amide bonds. The van der Waals surface area contributed by atoms with Crippen molar-refractivity contribution in [3.05, 3.63) is 0 Å². The summed E-state index contributed by atoms with van der Waals surface area (Å²) in [5, 5.41) is 11.3. The van der Waals surface area contributed by atoms with Crippen molar-refractivity contribution in [2.75, 3.05) is 13.2 Å². The Hall–Kier alpha value is -0.770. The van der Waals surface area contributed by atoms with Crippen molar-refractivity contribution in [2.24, 2.45) is 0 Å². The molecule has 0 spiro atoms. The van der Waals surface area contributed by atoms with Gasteiger partial charge in [0, 0.05) is 6.04 Å². The molecule has 0 rings (SSSR count). The van der Waals surface area contributed by atoms with Crippen LogP contribution >= 0.6 is 0 Å². The van der Waals surface area contributed by atoms with Gasteiger partial charge in [0.25, 0.3) is 0 Å². The molecule has 0 aliphatic rings. The lowest BCUT2D eigenvalue weighted by Crippen LogP contribution is -2.35. The molecule has 4 heteroatoms. The van der Waals surface area contributed by atoms with Crippen molar-refractivity contribution in [3.8, 4) is 0 Å². The van der Waals surface area contributed by atoms with Crippen molar-refractivity contribution in [2.45, 2.75) is 52.0 Å². The Labute approximate surface area is 92.0 Å². The third-order valence-corrected chi connectivity index (χ3v) is 2.19. The number of ether oxygens (including phenoxy) is 1. The molecule has 0 saturated carbocycles. The van der Waals surface area contributed by atoms with E-state index >= 15 is 0 Å². The van der Waals surface area contributed by atoms with Gasteiger partial charge < -0.3 is 15.2 Å². The fraction of sp³-hybridized carbons (Fsp3) is 0.909. The van der Waals surface area contributed by atoms with Crippen LogP contribution in [0.5, 0.6) is 0 Å². The molecular weight excluding hydrogens is 194 g/mol. The van der Waals surface area contributed by atoms with Gasteiger partial charge >= 0.3 is 6.09 Å². The second kappa shape index (κ2) is 9.77. The van der Waals surface area contributed by atoms with Gasteiger partial charge in [-0.15, -0.1) is 0 Å². The summed E-state index contributed by atoms with van der Waals surface area (Å²) in [5.41, 5.74) is 0. The van der Waals surface area contributed by atoms with Crippen LogP contribution in [-0.2, 0) is 4.74 Å². The van der Waals surface area contributed by atoms with Crippen LogP contribution in [0.3, 0.4) is 0 Å². The molecule has 2 N–H and O–H groups in total. The first kappa shape index (κ1) is 14.2. The number of unbranched alkanes of at least 4 members (excludes halogenated alkanes) is 1. The minimum Gasteiger partial charge on any atom is -0.447 e. The Balaban J connectivity index is 3.76. The summed E-state index contributed by atoms with van der Waals surface area (Å²) in [6, 6.07) is 0.209. The largest absolute Gasteiger partial charge is 0.447 e. The van der Waals surface area contributed by atoms with Gasteiger partial charge in [-0.3, -0.25) is 0 Å². The van der Waals surface area contributed by atoms with Gasteiger partial charge in [0.2, 0.25) is 0 Å². The van der Waals surface area contributed by atoms with Crippen LogP contribution in [0.1, 0.15) is 46.0 Å². The van der Waals surface area contributed by atoms with Gasteiger partial charge in [0.1, 0.15) is 6.61 Å². The molecular formula is C11H23NO3. The zero-order valence-corrected chi connectivity index (χ0v) is 9.79. The highest BCUT2D eigenvalue weighted by Gasteiger charge is 2.11. The summed E-state index contributed by atoms with van der Waals surface area (Å²) < 4.78 is 4.75. The summed E-state index contributed by atoms with van der Waals surface area (Å²) in [6.45, 7) is 4.17.